The number of hydrogen-bond donors (Lipinski definition) is 7. The maximum atomic E-state index is 11.8. The quantitative estimate of drug-likeness (QED) is 0.180. The average molecular weight is 443 g/mol. The Balaban J connectivity index is 0.000000614. The Bertz CT molecular complexity index is 1280. The van der Waals surface area contributed by atoms with E-state index in [1.807, 2.05) is 36.4 Å². The predicted molar refractivity (Wildman–Crippen MR) is 120 cm³/mol. The maximum Gasteiger partial charge on any atom is 0.336 e. The Labute approximate surface area is 178 Å². The van der Waals surface area contributed by atoms with Gasteiger partial charge >= 0.3 is 5.97 Å². The smallest absolute Gasteiger partial charge is 0.336 e. The van der Waals surface area contributed by atoms with E-state index in [1.54, 1.807) is 6.07 Å². The van der Waals surface area contributed by atoms with Crippen LogP contribution in [0, 0.1) is 10.8 Å². The Morgan fingerprint density at radius 1 is 0.968 bits per heavy atom. The molecule has 10 nitrogen and oxygen atoms in total. The van der Waals surface area contributed by atoms with Crippen molar-refractivity contribution in [3.8, 4) is 11.1 Å². The van der Waals surface area contributed by atoms with Crippen molar-refractivity contribution in [3.63, 3.8) is 0 Å². The molecule has 31 heavy (non-hydrogen) atoms. The lowest BCUT2D eigenvalue weighted by atomic mass is 9.92. The lowest BCUT2D eigenvalue weighted by molar-refractivity contribution is 0.0697. The van der Waals surface area contributed by atoms with Gasteiger partial charge in [0.25, 0.3) is 10.1 Å². The van der Waals surface area contributed by atoms with E-state index in [2.05, 4.69) is 5.32 Å². The van der Waals surface area contributed by atoms with Crippen LogP contribution < -0.4 is 16.8 Å². The molecular weight excluding hydrogens is 422 g/mol. The zero-order chi connectivity index (χ0) is 23.3. The highest BCUT2D eigenvalue weighted by Gasteiger charge is 2.21. The van der Waals surface area contributed by atoms with Gasteiger partial charge in [-0.15, -0.1) is 0 Å². The first-order chi connectivity index (χ1) is 14.4. The number of hydrogen-bond acceptors (Lipinski definition) is 5. The topological polar surface area (TPSA) is 203 Å². The van der Waals surface area contributed by atoms with E-state index in [0.717, 1.165) is 10.8 Å². The molecule has 9 N–H and O–H groups in total. The summed E-state index contributed by atoms with van der Waals surface area (Å²) in [6.45, 7) is 0. The number of benzene rings is 3. The van der Waals surface area contributed by atoms with Gasteiger partial charge in [-0.25, -0.2) is 4.79 Å². The molecule has 0 aliphatic rings. The first-order valence-corrected chi connectivity index (χ1v) is 10.5. The Kier molecular flexibility index (Phi) is 6.95. The third-order valence-electron chi connectivity index (χ3n) is 4.02. The summed E-state index contributed by atoms with van der Waals surface area (Å²) in [6.07, 6.45) is 0.715. The summed E-state index contributed by atoms with van der Waals surface area (Å²) in [5, 5.41) is 29.5. The number of aromatic carboxylic acids is 1. The molecule has 0 unspecified atom stereocenters. The molecule has 11 heteroatoms. The third kappa shape index (κ3) is 6.26. The molecule has 0 atom stereocenters. The molecule has 0 amide bonds. The summed E-state index contributed by atoms with van der Waals surface area (Å²) in [6, 6.07) is 16.1. The summed E-state index contributed by atoms with van der Waals surface area (Å²) >= 11 is 0. The molecule has 3 rings (SSSR count). The van der Waals surface area contributed by atoms with Crippen molar-refractivity contribution in [2.24, 2.45) is 11.5 Å². The number of carboxylic acids is 1. The second-order valence-corrected chi connectivity index (χ2v) is 7.93. The Hall–Kier alpha value is -3.96. The molecule has 0 aliphatic carbocycles. The van der Waals surface area contributed by atoms with Crippen LogP contribution in [0.25, 0.3) is 21.9 Å². The zero-order valence-corrected chi connectivity index (χ0v) is 17.2. The van der Waals surface area contributed by atoms with E-state index in [1.165, 1.54) is 12.1 Å². The van der Waals surface area contributed by atoms with Gasteiger partial charge in [0.1, 0.15) is 5.84 Å². The van der Waals surface area contributed by atoms with Gasteiger partial charge in [0.05, 0.1) is 17.5 Å². The summed E-state index contributed by atoms with van der Waals surface area (Å²) in [5.74, 6) is -1.76. The monoisotopic (exact) mass is 443 g/mol. The number of nitrogen functional groups attached to an aromatic ring is 1. The largest absolute Gasteiger partial charge is 0.478 e. The Morgan fingerprint density at radius 3 is 2.03 bits per heavy atom. The molecule has 0 fully saturated rings. The number of carbonyl (C=O) groups is 1. The zero-order valence-electron chi connectivity index (χ0n) is 16.4. The van der Waals surface area contributed by atoms with Crippen molar-refractivity contribution in [2.45, 2.75) is 0 Å². The molecule has 0 heterocycles. The molecule has 3 aromatic rings. The SMILES string of the molecule is CS(=O)(=O)O.N=C(N)Nc1c(C(=N)N)ccc(C(=O)O)c1-c1ccc2ccccc2c1. The van der Waals surface area contributed by atoms with Gasteiger partial charge in [-0.1, -0.05) is 36.4 Å². The van der Waals surface area contributed by atoms with Crippen LogP contribution >= 0.6 is 0 Å². The fourth-order valence-electron chi connectivity index (χ4n) is 2.91. The highest BCUT2D eigenvalue weighted by molar-refractivity contribution is 7.85. The van der Waals surface area contributed by atoms with E-state index < -0.39 is 16.1 Å². The minimum absolute atomic E-state index is 0.0223. The van der Waals surface area contributed by atoms with Gasteiger partial charge in [-0.3, -0.25) is 15.4 Å². The van der Waals surface area contributed by atoms with Crippen molar-refractivity contribution in [2.75, 3.05) is 11.6 Å². The van der Waals surface area contributed by atoms with Gasteiger partial charge in [0.2, 0.25) is 0 Å². The standard InChI is InChI=1S/C19H17N5O2.CH4O3S/c20-17(21)14-8-7-13(18(25)26)15(16(14)24-19(22)23)12-6-5-10-3-1-2-4-11(10)9-12;1-5(2,3)4/h1-9H,(H3,20,21)(H,25,26)(H4,22,23,24);1H3,(H,2,3,4). The van der Waals surface area contributed by atoms with E-state index in [-0.39, 0.29) is 28.6 Å². The van der Waals surface area contributed by atoms with Gasteiger partial charge < -0.3 is 21.9 Å². The number of carboxylic acid groups (broad SMARTS) is 1. The second kappa shape index (κ2) is 9.24. The number of guanidine groups is 1. The number of anilines is 1. The van der Waals surface area contributed by atoms with E-state index in [0.29, 0.717) is 17.4 Å². The highest BCUT2D eigenvalue weighted by Crippen LogP contribution is 2.36. The number of nitrogens with two attached hydrogens (primary N) is 2. The minimum atomic E-state index is -3.67. The first kappa shape index (κ1) is 23.3. The number of fused-ring (bicyclic) bond motifs is 1. The molecule has 3 aromatic carbocycles. The first-order valence-electron chi connectivity index (χ1n) is 8.66. The molecule has 162 valence electrons. The molecule has 0 saturated carbocycles. The maximum absolute atomic E-state index is 11.8. The summed E-state index contributed by atoms with van der Waals surface area (Å²) in [7, 11) is -3.67. The van der Waals surface area contributed by atoms with Crippen LogP contribution in [0.5, 0.6) is 0 Å². The minimum Gasteiger partial charge on any atom is -0.478 e. The van der Waals surface area contributed by atoms with Crippen molar-refractivity contribution in [3.05, 3.63) is 65.7 Å². The van der Waals surface area contributed by atoms with Gasteiger partial charge in [-0.2, -0.15) is 8.42 Å². The third-order valence-corrected chi connectivity index (χ3v) is 4.02. The van der Waals surface area contributed by atoms with Crippen LogP contribution in [0.1, 0.15) is 15.9 Å². The van der Waals surface area contributed by atoms with Crippen molar-refractivity contribution < 1.29 is 22.9 Å². The number of nitrogens with one attached hydrogen (secondary N) is 3. The van der Waals surface area contributed by atoms with Crippen LogP contribution in [0.4, 0.5) is 5.69 Å². The summed E-state index contributed by atoms with van der Waals surface area (Å²) in [4.78, 5) is 11.8. The van der Waals surface area contributed by atoms with Crippen LogP contribution in [0.15, 0.2) is 54.6 Å². The highest BCUT2D eigenvalue weighted by atomic mass is 32.2. The molecule has 0 saturated heterocycles. The van der Waals surface area contributed by atoms with E-state index in [4.69, 9.17) is 26.8 Å². The van der Waals surface area contributed by atoms with Gasteiger partial charge in [-0.05, 0) is 34.5 Å². The Morgan fingerprint density at radius 2 is 1.52 bits per heavy atom. The van der Waals surface area contributed by atoms with Crippen LogP contribution in [0.3, 0.4) is 0 Å². The predicted octanol–water partition coefficient (Wildman–Crippen LogP) is 2.30. The lowest BCUT2D eigenvalue weighted by Gasteiger charge is -2.18. The van der Waals surface area contributed by atoms with Crippen molar-refractivity contribution >= 4 is 44.3 Å². The normalized spacial score (nSPS) is 10.6. The van der Waals surface area contributed by atoms with Crippen LogP contribution in [0.2, 0.25) is 0 Å². The van der Waals surface area contributed by atoms with E-state index >= 15 is 0 Å². The fraction of sp³-hybridized carbons (Fsp3) is 0.0500. The summed E-state index contributed by atoms with van der Waals surface area (Å²) in [5.41, 5.74) is 12.6. The molecule has 0 bridgehead atoms. The molecular formula is C20H21N5O5S. The molecule has 0 aliphatic heterocycles. The molecule has 0 aromatic heterocycles. The molecule has 0 radical (unpaired) electrons. The van der Waals surface area contributed by atoms with Gasteiger partial charge in [0, 0.05) is 11.1 Å². The number of rotatable bonds is 4. The number of amidine groups is 1. The second-order valence-electron chi connectivity index (χ2n) is 6.46. The summed E-state index contributed by atoms with van der Waals surface area (Å²) < 4.78 is 25.9. The van der Waals surface area contributed by atoms with Gasteiger partial charge in [0.15, 0.2) is 5.96 Å². The molecule has 0 spiro atoms. The van der Waals surface area contributed by atoms with E-state index in [9.17, 15) is 18.3 Å². The van der Waals surface area contributed by atoms with Crippen LogP contribution in [-0.4, -0.2) is 42.1 Å². The fourth-order valence-corrected chi connectivity index (χ4v) is 2.91. The lowest BCUT2D eigenvalue weighted by Crippen LogP contribution is -2.24. The average Bonchev–Trinajstić information content (AvgIpc) is 2.65. The van der Waals surface area contributed by atoms with Crippen molar-refractivity contribution in [1.29, 1.82) is 10.8 Å². The van der Waals surface area contributed by atoms with Crippen LogP contribution in [-0.2, 0) is 10.1 Å². The van der Waals surface area contributed by atoms with Crippen molar-refractivity contribution in [1.82, 2.24) is 0 Å².